The van der Waals surface area contributed by atoms with Crippen LogP contribution in [0.25, 0.3) is 11.1 Å². The summed E-state index contributed by atoms with van der Waals surface area (Å²) in [6.07, 6.45) is 2.42. The molecule has 0 fully saturated rings. The fraction of sp³-hybridized carbons (Fsp3) is 0.292. The van der Waals surface area contributed by atoms with E-state index in [1.807, 2.05) is 12.1 Å². The average Bonchev–Trinajstić information content (AvgIpc) is 3.54. The predicted octanol–water partition coefficient (Wildman–Crippen LogP) is 1.97. The number of H-pyrrole nitrogens is 1. The fourth-order valence-corrected chi connectivity index (χ4v) is 4.68. The first kappa shape index (κ1) is 19.7. The van der Waals surface area contributed by atoms with Gasteiger partial charge in [-0.1, -0.05) is 24.3 Å². The maximum absolute atomic E-state index is 12.8. The molecule has 2 N–H and O–H groups in total. The Morgan fingerprint density at radius 2 is 1.88 bits per heavy atom. The van der Waals surface area contributed by atoms with Crippen molar-refractivity contribution in [3.8, 4) is 0 Å². The van der Waals surface area contributed by atoms with Gasteiger partial charge in [-0.25, -0.2) is 4.98 Å². The molecule has 4 aromatic rings. The summed E-state index contributed by atoms with van der Waals surface area (Å²) in [5, 5.41) is 13.9. The zero-order chi connectivity index (χ0) is 22.4. The first-order valence-corrected chi connectivity index (χ1v) is 11.1. The Balaban J connectivity index is 1.12. The fourth-order valence-electron chi connectivity index (χ4n) is 4.68. The van der Waals surface area contributed by atoms with Crippen LogP contribution in [-0.4, -0.2) is 49.7 Å². The number of nitrogens with zero attached hydrogens (tertiary/aromatic N) is 4. The van der Waals surface area contributed by atoms with Crippen LogP contribution in [0.1, 0.15) is 38.8 Å². The molecule has 2 aliphatic rings. The van der Waals surface area contributed by atoms with E-state index in [9.17, 15) is 9.59 Å². The molecule has 9 nitrogen and oxygen atoms in total. The third-order valence-electron chi connectivity index (χ3n) is 6.40. The van der Waals surface area contributed by atoms with Gasteiger partial charge in [-0.15, -0.1) is 0 Å². The number of rotatable bonds is 4. The Kier molecular flexibility index (Phi) is 4.67. The largest absolute Gasteiger partial charge is 0.440 e. The highest BCUT2D eigenvalue weighted by Crippen LogP contribution is 2.23. The highest BCUT2D eigenvalue weighted by molar-refractivity contribution is 5.97. The Bertz CT molecular complexity index is 1350. The Hall–Kier alpha value is -4.01. The zero-order valence-corrected chi connectivity index (χ0v) is 17.9. The number of aromatic amines is 1. The summed E-state index contributed by atoms with van der Waals surface area (Å²) < 4.78 is 5.77. The highest BCUT2D eigenvalue weighted by atomic mass is 16.3. The van der Waals surface area contributed by atoms with Crippen molar-refractivity contribution in [1.29, 1.82) is 0 Å². The van der Waals surface area contributed by atoms with Crippen molar-refractivity contribution in [2.45, 2.75) is 38.3 Å². The second-order valence-corrected chi connectivity index (χ2v) is 8.60. The van der Waals surface area contributed by atoms with Crippen LogP contribution in [-0.2, 0) is 37.0 Å². The molecule has 33 heavy (non-hydrogen) atoms. The zero-order valence-electron chi connectivity index (χ0n) is 17.9. The molecule has 2 amide bonds. The third-order valence-corrected chi connectivity index (χ3v) is 6.40. The van der Waals surface area contributed by atoms with Crippen molar-refractivity contribution in [2.75, 3.05) is 6.54 Å². The van der Waals surface area contributed by atoms with Gasteiger partial charge < -0.3 is 14.6 Å². The minimum atomic E-state index is -0.132. The van der Waals surface area contributed by atoms with E-state index < -0.39 is 0 Å². The number of oxazole rings is 1. The van der Waals surface area contributed by atoms with E-state index in [1.165, 1.54) is 11.1 Å². The monoisotopic (exact) mass is 442 g/mol. The molecule has 6 rings (SSSR count). The first-order valence-electron chi connectivity index (χ1n) is 11.1. The lowest BCUT2D eigenvalue weighted by atomic mass is 10.1. The van der Waals surface area contributed by atoms with Gasteiger partial charge in [0.05, 0.1) is 12.2 Å². The molecule has 0 atom stereocenters. The van der Waals surface area contributed by atoms with Crippen molar-refractivity contribution < 1.29 is 14.0 Å². The van der Waals surface area contributed by atoms with Crippen LogP contribution in [0.4, 0.5) is 0 Å². The number of hydrogen-bond acceptors (Lipinski definition) is 6. The lowest BCUT2D eigenvalue weighted by molar-refractivity contribution is -0.131. The van der Waals surface area contributed by atoms with E-state index in [2.05, 4.69) is 37.8 Å². The molecule has 1 aliphatic heterocycles. The number of nitrogens with one attached hydrogen (secondary N) is 2. The van der Waals surface area contributed by atoms with Crippen LogP contribution in [0.5, 0.6) is 0 Å². The van der Waals surface area contributed by atoms with Crippen LogP contribution in [0.3, 0.4) is 0 Å². The van der Waals surface area contributed by atoms with Crippen molar-refractivity contribution in [3.05, 3.63) is 76.4 Å². The van der Waals surface area contributed by atoms with E-state index in [4.69, 9.17) is 4.42 Å². The lowest BCUT2D eigenvalue weighted by Crippen LogP contribution is -2.37. The van der Waals surface area contributed by atoms with E-state index in [1.54, 1.807) is 23.1 Å². The minimum Gasteiger partial charge on any atom is -0.440 e. The van der Waals surface area contributed by atoms with Crippen LogP contribution in [0.2, 0.25) is 0 Å². The Morgan fingerprint density at radius 1 is 1.09 bits per heavy atom. The summed E-state index contributed by atoms with van der Waals surface area (Å²) in [4.78, 5) is 31.8. The van der Waals surface area contributed by atoms with Gasteiger partial charge in [0, 0.05) is 24.6 Å². The summed E-state index contributed by atoms with van der Waals surface area (Å²) in [5.74, 6) is 0.130. The summed E-state index contributed by atoms with van der Waals surface area (Å²) in [6, 6.07) is 13.5. The Morgan fingerprint density at radius 3 is 2.70 bits per heavy atom. The summed E-state index contributed by atoms with van der Waals surface area (Å²) in [5.41, 5.74) is 5.94. The smallest absolute Gasteiger partial charge is 0.251 e. The van der Waals surface area contributed by atoms with Crippen LogP contribution in [0, 0.1) is 0 Å². The average molecular weight is 442 g/mol. The van der Waals surface area contributed by atoms with Gasteiger partial charge in [-0.05, 0) is 42.2 Å². The molecule has 9 heteroatoms. The van der Waals surface area contributed by atoms with Crippen LogP contribution >= 0.6 is 0 Å². The van der Waals surface area contributed by atoms with Crippen LogP contribution < -0.4 is 5.32 Å². The van der Waals surface area contributed by atoms with Gasteiger partial charge in [0.1, 0.15) is 17.6 Å². The maximum atomic E-state index is 12.8. The summed E-state index contributed by atoms with van der Waals surface area (Å²) >= 11 is 0. The number of carbonyl (C=O) groups is 2. The number of amides is 2. The summed E-state index contributed by atoms with van der Waals surface area (Å²) in [6.45, 7) is 1.02. The normalized spacial score (nSPS) is 15.5. The van der Waals surface area contributed by atoms with Crippen molar-refractivity contribution in [3.63, 3.8) is 0 Å². The molecular weight excluding hydrogens is 420 g/mol. The lowest BCUT2D eigenvalue weighted by Gasteiger charge is -2.24. The minimum absolute atomic E-state index is 0.0593. The molecule has 0 spiro atoms. The number of hydrogen-bond donors (Lipinski definition) is 2. The molecule has 0 unspecified atom stereocenters. The van der Waals surface area contributed by atoms with E-state index in [0.29, 0.717) is 42.1 Å². The van der Waals surface area contributed by atoms with Gasteiger partial charge in [0.15, 0.2) is 5.58 Å². The molecule has 0 bridgehead atoms. The van der Waals surface area contributed by atoms with Gasteiger partial charge >= 0.3 is 0 Å². The Labute approximate surface area is 189 Å². The standard InChI is InChI=1S/C24H22N6O3/c31-23(30-8-7-18-20(13-30)28-29-27-18)12-22-26-19-11-16(5-6-21(19)33-22)24(32)25-17-9-14-3-1-2-4-15(14)10-17/h1-6,11,17H,7-10,12-13H2,(H,25,32)(H,27,28,29). The predicted molar refractivity (Wildman–Crippen MR) is 118 cm³/mol. The molecule has 0 saturated heterocycles. The molecule has 2 aromatic heterocycles. The number of fused-ring (bicyclic) bond motifs is 3. The second kappa shape index (κ2) is 7.84. The number of benzene rings is 2. The molecule has 166 valence electrons. The van der Waals surface area contributed by atoms with Crippen molar-refractivity contribution in [1.82, 2.24) is 30.6 Å². The molecule has 1 aliphatic carbocycles. The maximum Gasteiger partial charge on any atom is 0.251 e. The van der Waals surface area contributed by atoms with Gasteiger partial charge in [0.25, 0.3) is 5.91 Å². The van der Waals surface area contributed by atoms with E-state index >= 15 is 0 Å². The SMILES string of the molecule is O=C(NC1Cc2ccccc2C1)c1ccc2oc(CC(=O)N3CCc4n[nH]nc4C3)nc2c1. The van der Waals surface area contributed by atoms with E-state index in [-0.39, 0.29) is 24.3 Å². The van der Waals surface area contributed by atoms with Crippen molar-refractivity contribution >= 4 is 22.9 Å². The topological polar surface area (TPSA) is 117 Å². The molecule has 2 aromatic carbocycles. The summed E-state index contributed by atoms with van der Waals surface area (Å²) in [7, 11) is 0. The number of aromatic nitrogens is 4. The van der Waals surface area contributed by atoms with Crippen molar-refractivity contribution in [2.24, 2.45) is 0 Å². The van der Waals surface area contributed by atoms with Gasteiger partial charge in [-0.3, -0.25) is 9.59 Å². The second-order valence-electron chi connectivity index (χ2n) is 8.60. The van der Waals surface area contributed by atoms with Crippen LogP contribution in [0.15, 0.2) is 46.9 Å². The highest BCUT2D eigenvalue weighted by Gasteiger charge is 2.26. The van der Waals surface area contributed by atoms with Gasteiger partial charge in [0.2, 0.25) is 11.8 Å². The molecule has 3 heterocycles. The first-order chi connectivity index (χ1) is 16.1. The third kappa shape index (κ3) is 3.75. The molecule has 0 saturated carbocycles. The van der Waals surface area contributed by atoms with E-state index in [0.717, 1.165) is 24.2 Å². The molecule has 0 radical (unpaired) electrons. The van der Waals surface area contributed by atoms with Gasteiger partial charge in [-0.2, -0.15) is 15.4 Å². The molecular formula is C24H22N6O3. The number of carbonyl (C=O) groups excluding carboxylic acids is 2. The quantitative estimate of drug-likeness (QED) is 0.499.